The first-order valence-corrected chi connectivity index (χ1v) is 8.83. The van der Waals surface area contributed by atoms with Gasteiger partial charge in [0.1, 0.15) is 29.7 Å². The van der Waals surface area contributed by atoms with Gasteiger partial charge < -0.3 is 10.1 Å². The fourth-order valence-electron chi connectivity index (χ4n) is 2.39. The number of anilines is 1. The van der Waals surface area contributed by atoms with Crippen molar-refractivity contribution in [3.8, 4) is 5.75 Å². The maximum atomic E-state index is 13.8. The number of carbonyl (C=O) groups is 1. The maximum Gasteiger partial charge on any atom is 0.276 e. The van der Waals surface area contributed by atoms with Gasteiger partial charge in [0.05, 0.1) is 23.1 Å². The normalized spacial score (nSPS) is 11.8. The Morgan fingerprint density at radius 3 is 2.64 bits per heavy atom. The summed E-state index contributed by atoms with van der Waals surface area (Å²) in [7, 11) is 0. The van der Waals surface area contributed by atoms with Crippen LogP contribution in [0.1, 0.15) is 34.8 Å². The molecule has 1 amide bonds. The summed E-state index contributed by atoms with van der Waals surface area (Å²) >= 11 is 12.2. The average molecular weight is 422 g/mol. The molecule has 28 heavy (non-hydrogen) atoms. The minimum absolute atomic E-state index is 0.0214. The third-order valence-electron chi connectivity index (χ3n) is 3.77. The lowest BCUT2D eigenvalue weighted by Crippen LogP contribution is -2.16. The first-order valence-electron chi connectivity index (χ1n) is 8.07. The number of benzene rings is 1. The van der Waals surface area contributed by atoms with Crippen molar-refractivity contribution in [3.63, 3.8) is 0 Å². The summed E-state index contributed by atoms with van der Waals surface area (Å²) < 4.78 is 19.6. The maximum absolute atomic E-state index is 13.8. The van der Waals surface area contributed by atoms with E-state index < -0.39 is 17.8 Å². The van der Waals surface area contributed by atoms with Crippen molar-refractivity contribution in [1.82, 2.24) is 20.2 Å². The fourth-order valence-corrected chi connectivity index (χ4v) is 3.07. The summed E-state index contributed by atoms with van der Waals surface area (Å²) in [6.07, 6.45) is 3.54. The number of hydrogen-bond acceptors (Lipinski definition) is 6. The van der Waals surface area contributed by atoms with Gasteiger partial charge in [-0.15, -0.1) is 5.10 Å². The molecule has 3 aromatic rings. The number of rotatable bonds is 5. The lowest BCUT2D eigenvalue weighted by atomic mass is 10.1. The molecule has 0 aliphatic rings. The second kappa shape index (κ2) is 8.45. The van der Waals surface area contributed by atoms with Crippen molar-refractivity contribution in [2.45, 2.75) is 20.0 Å². The van der Waals surface area contributed by atoms with Gasteiger partial charge in [-0.3, -0.25) is 4.79 Å². The smallest absolute Gasteiger partial charge is 0.276 e. The number of aromatic nitrogens is 4. The number of carbonyl (C=O) groups excluding carboxylic acids is 1. The van der Waals surface area contributed by atoms with Crippen LogP contribution >= 0.6 is 23.2 Å². The number of hydrogen-bond donors (Lipinski definition) is 1. The van der Waals surface area contributed by atoms with Crippen LogP contribution in [0.3, 0.4) is 0 Å². The Bertz CT molecular complexity index is 1020. The Labute approximate surface area is 169 Å². The summed E-state index contributed by atoms with van der Waals surface area (Å²) in [4.78, 5) is 20.0. The third kappa shape index (κ3) is 4.35. The molecule has 1 aromatic carbocycles. The second-order valence-corrected chi connectivity index (χ2v) is 6.56. The van der Waals surface area contributed by atoms with Crippen molar-refractivity contribution in [2.75, 3.05) is 5.32 Å². The van der Waals surface area contributed by atoms with E-state index in [1.165, 1.54) is 36.9 Å². The van der Waals surface area contributed by atoms with E-state index in [1.807, 2.05) is 0 Å². The van der Waals surface area contributed by atoms with Gasteiger partial charge in [-0.2, -0.15) is 5.10 Å². The Hall–Kier alpha value is -2.84. The van der Waals surface area contributed by atoms with Crippen LogP contribution in [0.15, 0.2) is 36.9 Å². The molecule has 1 unspecified atom stereocenters. The number of nitrogens with one attached hydrogen (secondary N) is 1. The van der Waals surface area contributed by atoms with Crippen molar-refractivity contribution < 1.29 is 13.9 Å². The summed E-state index contributed by atoms with van der Waals surface area (Å²) in [5.41, 5.74) is 1.17. The van der Waals surface area contributed by atoms with E-state index in [0.717, 1.165) is 0 Å². The van der Waals surface area contributed by atoms with Gasteiger partial charge in [0.2, 0.25) is 0 Å². The van der Waals surface area contributed by atoms with Crippen molar-refractivity contribution in [3.05, 3.63) is 69.7 Å². The zero-order valence-electron chi connectivity index (χ0n) is 14.8. The van der Waals surface area contributed by atoms with E-state index in [2.05, 4.69) is 25.5 Å². The lowest BCUT2D eigenvalue weighted by Gasteiger charge is -2.19. The van der Waals surface area contributed by atoms with E-state index in [0.29, 0.717) is 16.9 Å². The highest BCUT2D eigenvalue weighted by atomic mass is 35.5. The molecule has 0 saturated carbocycles. The molecule has 10 heteroatoms. The molecule has 2 heterocycles. The monoisotopic (exact) mass is 421 g/mol. The zero-order chi connectivity index (χ0) is 20.3. The molecule has 2 aromatic heterocycles. The van der Waals surface area contributed by atoms with Crippen LogP contribution in [0.5, 0.6) is 5.75 Å². The standard InChI is InChI=1S/C18H14Cl2FN5O2/c1-9-15(28-10(2)16-12(19)3-4-13(21)17(16)20)5-14(26-25-9)18(27)24-11-6-22-8-23-7-11/h3-8,10H,1-2H3,(H,24,27). The fraction of sp³-hybridized carbons (Fsp3) is 0.167. The SMILES string of the molecule is Cc1nnc(C(=O)Nc2cncnc2)cc1OC(C)c1c(Cl)ccc(F)c1Cl. The molecule has 0 radical (unpaired) electrons. The van der Waals surface area contributed by atoms with E-state index in [-0.39, 0.29) is 21.5 Å². The lowest BCUT2D eigenvalue weighted by molar-refractivity contribution is 0.102. The van der Waals surface area contributed by atoms with E-state index >= 15 is 0 Å². The van der Waals surface area contributed by atoms with Crippen molar-refractivity contribution in [2.24, 2.45) is 0 Å². The summed E-state index contributed by atoms with van der Waals surface area (Å²) in [6, 6.07) is 4.01. The Balaban J connectivity index is 1.84. The molecule has 1 atom stereocenters. The minimum atomic E-state index is -0.697. The number of halogens is 3. The highest BCUT2D eigenvalue weighted by Crippen LogP contribution is 2.35. The summed E-state index contributed by atoms with van der Waals surface area (Å²) in [5.74, 6) is -0.832. The molecular weight excluding hydrogens is 408 g/mol. The van der Waals surface area contributed by atoms with Crippen LogP contribution in [0.4, 0.5) is 10.1 Å². The number of ether oxygens (including phenoxy) is 1. The van der Waals surface area contributed by atoms with Gasteiger partial charge in [-0.05, 0) is 26.0 Å². The van der Waals surface area contributed by atoms with Gasteiger partial charge in [0, 0.05) is 16.7 Å². The largest absolute Gasteiger partial charge is 0.484 e. The van der Waals surface area contributed by atoms with Gasteiger partial charge in [0.15, 0.2) is 5.69 Å². The summed E-state index contributed by atoms with van der Waals surface area (Å²) in [6.45, 7) is 3.32. The Morgan fingerprint density at radius 1 is 1.21 bits per heavy atom. The molecule has 0 fully saturated rings. The highest BCUT2D eigenvalue weighted by molar-refractivity contribution is 6.36. The first kappa shape index (κ1) is 19.9. The Kier molecular flexibility index (Phi) is 6.01. The molecule has 3 rings (SSSR count). The molecule has 144 valence electrons. The van der Waals surface area contributed by atoms with Crippen LogP contribution in [-0.4, -0.2) is 26.1 Å². The molecule has 0 aliphatic carbocycles. The van der Waals surface area contributed by atoms with Crippen molar-refractivity contribution in [1.29, 1.82) is 0 Å². The average Bonchev–Trinajstić information content (AvgIpc) is 2.67. The number of nitrogens with zero attached hydrogens (tertiary/aromatic N) is 4. The molecule has 0 saturated heterocycles. The molecule has 1 N–H and O–H groups in total. The molecule has 7 nitrogen and oxygen atoms in total. The second-order valence-electron chi connectivity index (χ2n) is 5.78. The summed E-state index contributed by atoms with van der Waals surface area (Å²) in [5, 5.41) is 10.6. The quantitative estimate of drug-likeness (QED) is 0.613. The molecule has 0 spiro atoms. The van der Waals surface area contributed by atoms with E-state index in [4.69, 9.17) is 27.9 Å². The van der Waals surface area contributed by atoms with Crippen molar-refractivity contribution >= 4 is 34.8 Å². The molecular formula is C18H14Cl2FN5O2. The van der Waals surface area contributed by atoms with Crippen LogP contribution in [0.2, 0.25) is 10.0 Å². The van der Waals surface area contributed by atoms with Gasteiger partial charge in [-0.25, -0.2) is 14.4 Å². The predicted octanol–water partition coefficient (Wildman–Crippen LogP) is 4.41. The number of amides is 1. The molecule has 0 aliphatic heterocycles. The minimum Gasteiger partial charge on any atom is -0.484 e. The van der Waals surface area contributed by atoms with Crippen LogP contribution in [0.25, 0.3) is 0 Å². The molecule has 0 bridgehead atoms. The van der Waals surface area contributed by atoms with Gasteiger partial charge in [0.25, 0.3) is 5.91 Å². The van der Waals surface area contributed by atoms with Crippen LogP contribution in [-0.2, 0) is 0 Å². The highest BCUT2D eigenvalue weighted by Gasteiger charge is 2.21. The van der Waals surface area contributed by atoms with Crippen LogP contribution in [0, 0.1) is 12.7 Å². The van der Waals surface area contributed by atoms with Gasteiger partial charge in [-0.1, -0.05) is 23.2 Å². The number of aryl methyl sites for hydroxylation is 1. The van der Waals surface area contributed by atoms with E-state index in [9.17, 15) is 9.18 Å². The third-order valence-corrected chi connectivity index (χ3v) is 4.49. The van der Waals surface area contributed by atoms with E-state index in [1.54, 1.807) is 13.8 Å². The first-order chi connectivity index (χ1) is 13.4. The van der Waals surface area contributed by atoms with Gasteiger partial charge >= 0.3 is 0 Å². The zero-order valence-corrected chi connectivity index (χ0v) is 16.3. The van der Waals surface area contributed by atoms with Crippen LogP contribution < -0.4 is 10.1 Å². The predicted molar refractivity (Wildman–Crippen MR) is 102 cm³/mol. The Morgan fingerprint density at radius 2 is 1.93 bits per heavy atom. The topological polar surface area (TPSA) is 89.9 Å².